The standard InChI is InChI=1S/C22H26FN7O2/c1-3-14-18(24)19-16(28-21(14)31)10-13(11-26-19)12-29-6-8-30(9-7-29)17-5-4-15(22(32)25-2)27-20(17)23/h4-5,10-11H,3,6-9,12H2,1-2H3,(H,25,32)(H3,24,28,31). The van der Waals surface area contributed by atoms with Gasteiger partial charge in [0.25, 0.3) is 11.5 Å². The maximum atomic E-state index is 14.4. The number of nitrogen functional groups attached to an aromatic ring is 1. The molecule has 0 bridgehead atoms. The van der Waals surface area contributed by atoms with Crippen molar-refractivity contribution in [1.82, 2.24) is 25.2 Å². The maximum absolute atomic E-state index is 14.4. The molecule has 3 aromatic heterocycles. The van der Waals surface area contributed by atoms with Crippen LogP contribution in [0.1, 0.15) is 28.5 Å². The number of H-pyrrole nitrogens is 1. The Morgan fingerprint density at radius 1 is 1.28 bits per heavy atom. The Morgan fingerprint density at radius 2 is 2.03 bits per heavy atom. The molecule has 0 radical (unpaired) electrons. The van der Waals surface area contributed by atoms with E-state index in [1.54, 1.807) is 12.3 Å². The van der Waals surface area contributed by atoms with E-state index < -0.39 is 11.9 Å². The van der Waals surface area contributed by atoms with Gasteiger partial charge in [-0.1, -0.05) is 6.92 Å². The number of fused-ring (bicyclic) bond motifs is 1. The molecule has 1 aliphatic rings. The second-order valence-electron chi connectivity index (χ2n) is 7.79. The van der Waals surface area contributed by atoms with Crippen molar-refractivity contribution in [3.63, 3.8) is 0 Å². The third-order valence-corrected chi connectivity index (χ3v) is 5.81. The van der Waals surface area contributed by atoms with Crippen LogP contribution in [0.4, 0.5) is 15.8 Å². The molecule has 0 saturated carbocycles. The number of carbonyl (C=O) groups is 1. The summed E-state index contributed by atoms with van der Waals surface area (Å²) in [5.41, 5.74) is 9.59. The zero-order valence-corrected chi connectivity index (χ0v) is 18.1. The topological polar surface area (TPSA) is 120 Å². The number of aromatic amines is 1. The molecule has 1 amide bonds. The highest BCUT2D eigenvalue weighted by atomic mass is 19.1. The van der Waals surface area contributed by atoms with Gasteiger partial charge in [-0.2, -0.15) is 4.39 Å². The zero-order chi connectivity index (χ0) is 22.8. The van der Waals surface area contributed by atoms with Crippen LogP contribution in [-0.4, -0.2) is 59.0 Å². The molecule has 4 N–H and O–H groups in total. The van der Waals surface area contributed by atoms with Crippen LogP contribution >= 0.6 is 0 Å². The number of nitrogens with two attached hydrogens (primary N) is 1. The monoisotopic (exact) mass is 439 g/mol. The van der Waals surface area contributed by atoms with Gasteiger partial charge in [0.2, 0.25) is 5.95 Å². The Labute approximate surface area is 184 Å². The van der Waals surface area contributed by atoms with E-state index in [1.807, 2.05) is 17.9 Å². The van der Waals surface area contributed by atoms with Gasteiger partial charge in [0.1, 0.15) is 11.2 Å². The van der Waals surface area contributed by atoms with E-state index in [0.717, 1.165) is 18.7 Å². The second kappa shape index (κ2) is 8.91. The number of hydrogen-bond donors (Lipinski definition) is 3. The molecular formula is C22H26FN7O2. The van der Waals surface area contributed by atoms with Crippen LogP contribution in [0.5, 0.6) is 0 Å². The molecule has 9 nitrogen and oxygen atoms in total. The summed E-state index contributed by atoms with van der Waals surface area (Å²) in [6, 6.07) is 5.04. The molecule has 32 heavy (non-hydrogen) atoms. The fraction of sp³-hybridized carbons (Fsp3) is 0.364. The van der Waals surface area contributed by atoms with Crippen LogP contribution in [0, 0.1) is 5.95 Å². The molecule has 1 fully saturated rings. The molecule has 10 heteroatoms. The first-order valence-corrected chi connectivity index (χ1v) is 10.6. The van der Waals surface area contributed by atoms with Crippen LogP contribution in [0.15, 0.2) is 29.2 Å². The molecule has 0 aromatic carbocycles. The highest BCUT2D eigenvalue weighted by molar-refractivity contribution is 5.92. The van der Waals surface area contributed by atoms with Crippen molar-refractivity contribution in [3.8, 4) is 0 Å². The lowest BCUT2D eigenvalue weighted by atomic mass is 10.1. The fourth-order valence-electron chi connectivity index (χ4n) is 4.04. The molecule has 0 unspecified atom stereocenters. The molecule has 4 heterocycles. The largest absolute Gasteiger partial charge is 0.397 e. The van der Waals surface area contributed by atoms with Gasteiger partial charge in [-0.25, -0.2) is 4.98 Å². The van der Waals surface area contributed by atoms with Crippen molar-refractivity contribution in [2.75, 3.05) is 43.9 Å². The minimum atomic E-state index is -0.647. The summed E-state index contributed by atoms with van der Waals surface area (Å²) in [6.07, 6.45) is 2.33. The summed E-state index contributed by atoms with van der Waals surface area (Å²) in [7, 11) is 1.48. The van der Waals surface area contributed by atoms with E-state index in [4.69, 9.17) is 5.73 Å². The van der Waals surface area contributed by atoms with Gasteiger partial charge in [-0.05, 0) is 30.2 Å². The molecular weight excluding hydrogens is 413 g/mol. The molecule has 0 atom stereocenters. The van der Waals surface area contributed by atoms with Gasteiger partial charge in [0, 0.05) is 51.5 Å². The molecule has 4 rings (SSSR count). The average Bonchev–Trinajstić information content (AvgIpc) is 2.79. The predicted octanol–water partition coefficient (Wildman–Crippen LogP) is 1.28. The Balaban J connectivity index is 1.43. The first-order valence-electron chi connectivity index (χ1n) is 10.6. The summed E-state index contributed by atoms with van der Waals surface area (Å²) < 4.78 is 14.4. The number of nitrogens with one attached hydrogen (secondary N) is 2. The third-order valence-electron chi connectivity index (χ3n) is 5.81. The number of rotatable bonds is 5. The summed E-state index contributed by atoms with van der Waals surface area (Å²) in [4.78, 5) is 39.2. The van der Waals surface area contributed by atoms with Gasteiger partial charge in [0.05, 0.1) is 16.9 Å². The third kappa shape index (κ3) is 4.13. The SMILES string of the molecule is CCc1c(N)c2ncc(CN3CCN(c4ccc(C(=O)NC)nc4F)CC3)cc2[nH]c1=O. The van der Waals surface area contributed by atoms with E-state index in [9.17, 15) is 14.0 Å². The number of carbonyl (C=O) groups excluding carboxylic acids is 1. The summed E-state index contributed by atoms with van der Waals surface area (Å²) in [6.45, 7) is 5.25. The first-order chi connectivity index (χ1) is 15.4. The van der Waals surface area contributed by atoms with E-state index >= 15 is 0 Å². The minimum Gasteiger partial charge on any atom is -0.397 e. The highest BCUT2D eigenvalue weighted by Crippen LogP contribution is 2.22. The number of aromatic nitrogens is 3. The van der Waals surface area contributed by atoms with E-state index in [-0.39, 0.29) is 11.3 Å². The summed E-state index contributed by atoms with van der Waals surface area (Å²) in [5, 5.41) is 2.44. The quantitative estimate of drug-likeness (QED) is 0.512. The normalized spacial score (nSPS) is 14.7. The molecule has 3 aromatic rings. The highest BCUT2D eigenvalue weighted by Gasteiger charge is 2.21. The maximum Gasteiger partial charge on any atom is 0.269 e. The van der Waals surface area contributed by atoms with Crippen LogP contribution in [-0.2, 0) is 13.0 Å². The van der Waals surface area contributed by atoms with E-state index in [0.29, 0.717) is 54.0 Å². The molecule has 1 aliphatic heterocycles. The number of hydrogen-bond acceptors (Lipinski definition) is 7. The number of amides is 1. The fourth-order valence-corrected chi connectivity index (χ4v) is 4.04. The molecule has 1 saturated heterocycles. The Hall–Kier alpha value is -3.53. The number of nitrogens with zero attached hydrogens (tertiary/aromatic N) is 4. The van der Waals surface area contributed by atoms with Gasteiger partial charge < -0.3 is 20.9 Å². The second-order valence-corrected chi connectivity index (χ2v) is 7.79. The lowest BCUT2D eigenvalue weighted by Crippen LogP contribution is -2.46. The lowest BCUT2D eigenvalue weighted by molar-refractivity contribution is 0.0957. The van der Waals surface area contributed by atoms with Crippen molar-refractivity contribution < 1.29 is 9.18 Å². The minimum absolute atomic E-state index is 0.0564. The van der Waals surface area contributed by atoms with Crippen LogP contribution < -0.4 is 21.5 Å². The average molecular weight is 439 g/mol. The van der Waals surface area contributed by atoms with Crippen LogP contribution in [0.2, 0.25) is 0 Å². The van der Waals surface area contributed by atoms with E-state index in [2.05, 4.69) is 25.2 Å². The summed E-state index contributed by atoms with van der Waals surface area (Å²) in [5.74, 6) is -1.07. The van der Waals surface area contributed by atoms with Crippen molar-refractivity contribution >= 4 is 28.3 Å². The van der Waals surface area contributed by atoms with Crippen LogP contribution in [0.25, 0.3) is 11.0 Å². The number of pyridine rings is 3. The van der Waals surface area contributed by atoms with Gasteiger partial charge >= 0.3 is 0 Å². The molecule has 0 aliphatic carbocycles. The lowest BCUT2D eigenvalue weighted by Gasteiger charge is -2.36. The first kappa shape index (κ1) is 21.7. The van der Waals surface area contributed by atoms with Gasteiger partial charge in [-0.15, -0.1) is 0 Å². The predicted molar refractivity (Wildman–Crippen MR) is 121 cm³/mol. The summed E-state index contributed by atoms with van der Waals surface area (Å²) >= 11 is 0. The zero-order valence-electron chi connectivity index (χ0n) is 18.1. The van der Waals surface area contributed by atoms with Crippen molar-refractivity contribution in [2.24, 2.45) is 0 Å². The van der Waals surface area contributed by atoms with Crippen molar-refractivity contribution in [2.45, 2.75) is 19.9 Å². The Bertz CT molecular complexity index is 1220. The van der Waals surface area contributed by atoms with Crippen molar-refractivity contribution in [1.29, 1.82) is 0 Å². The smallest absolute Gasteiger partial charge is 0.269 e. The molecule has 168 valence electrons. The number of anilines is 2. The Morgan fingerprint density at radius 3 is 2.69 bits per heavy atom. The van der Waals surface area contributed by atoms with E-state index in [1.165, 1.54) is 13.1 Å². The number of piperazine rings is 1. The van der Waals surface area contributed by atoms with Crippen molar-refractivity contribution in [3.05, 3.63) is 57.5 Å². The van der Waals surface area contributed by atoms with Crippen LogP contribution in [0.3, 0.4) is 0 Å². The van der Waals surface area contributed by atoms with Gasteiger partial charge in [-0.3, -0.25) is 19.5 Å². The molecule has 0 spiro atoms. The number of halogens is 1. The van der Waals surface area contributed by atoms with Gasteiger partial charge in [0.15, 0.2) is 0 Å². The Kier molecular flexibility index (Phi) is 6.04.